The van der Waals surface area contributed by atoms with Crippen molar-refractivity contribution in [3.05, 3.63) is 101 Å². The highest BCUT2D eigenvalue weighted by Crippen LogP contribution is 2.18. The fraction of sp³-hybridized carbons (Fsp3) is 0.310. The molecule has 3 aromatic carbocycles. The summed E-state index contributed by atoms with van der Waals surface area (Å²) in [6, 6.07) is 22.0. The third-order valence-electron chi connectivity index (χ3n) is 5.70. The van der Waals surface area contributed by atoms with Crippen LogP contribution in [-0.4, -0.2) is 35.9 Å². The van der Waals surface area contributed by atoms with Crippen molar-refractivity contribution in [3.63, 3.8) is 0 Å². The predicted molar refractivity (Wildman–Crippen MR) is 140 cm³/mol. The van der Waals surface area contributed by atoms with Gasteiger partial charge in [-0.25, -0.2) is 4.39 Å². The van der Waals surface area contributed by atoms with Gasteiger partial charge in [0.1, 0.15) is 17.6 Å². The Morgan fingerprint density at radius 2 is 1.67 bits per heavy atom. The van der Waals surface area contributed by atoms with Crippen LogP contribution in [0.2, 0.25) is 5.02 Å². The van der Waals surface area contributed by atoms with E-state index in [9.17, 15) is 14.0 Å². The van der Waals surface area contributed by atoms with Crippen LogP contribution >= 0.6 is 11.6 Å². The minimum absolute atomic E-state index is 0.161. The molecular formula is C29H32ClFN2O3. The highest BCUT2D eigenvalue weighted by atomic mass is 35.5. The minimum atomic E-state index is -0.700. The predicted octanol–water partition coefficient (Wildman–Crippen LogP) is 5.80. The number of benzene rings is 3. The molecular weight excluding hydrogens is 479 g/mol. The molecule has 0 saturated heterocycles. The molecule has 0 radical (unpaired) electrons. The van der Waals surface area contributed by atoms with E-state index < -0.39 is 6.04 Å². The zero-order valence-corrected chi connectivity index (χ0v) is 21.2. The van der Waals surface area contributed by atoms with E-state index in [1.807, 2.05) is 37.3 Å². The lowest BCUT2D eigenvalue weighted by atomic mass is 10.0. The number of carbonyl (C=O) groups is 2. The third-order valence-corrected chi connectivity index (χ3v) is 5.96. The fourth-order valence-electron chi connectivity index (χ4n) is 3.79. The van der Waals surface area contributed by atoms with Gasteiger partial charge < -0.3 is 15.0 Å². The van der Waals surface area contributed by atoms with Crippen LogP contribution in [0, 0.1) is 5.82 Å². The van der Waals surface area contributed by atoms with E-state index in [4.69, 9.17) is 16.3 Å². The average molecular weight is 511 g/mol. The Labute approximate surface area is 217 Å². The number of nitrogens with one attached hydrogen (secondary N) is 1. The van der Waals surface area contributed by atoms with Crippen LogP contribution in [0.1, 0.15) is 37.3 Å². The first-order valence-electron chi connectivity index (χ1n) is 12.2. The van der Waals surface area contributed by atoms with Crippen LogP contribution in [0.15, 0.2) is 78.9 Å². The van der Waals surface area contributed by atoms with Gasteiger partial charge >= 0.3 is 0 Å². The Morgan fingerprint density at radius 3 is 2.33 bits per heavy atom. The zero-order valence-electron chi connectivity index (χ0n) is 20.5. The lowest BCUT2D eigenvalue weighted by Crippen LogP contribution is -2.50. The highest BCUT2D eigenvalue weighted by Gasteiger charge is 2.30. The van der Waals surface area contributed by atoms with Gasteiger partial charge in [0, 0.05) is 31.0 Å². The molecule has 3 aromatic rings. The van der Waals surface area contributed by atoms with Crippen molar-refractivity contribution in [2.24, 2.45) is 0 Å². The topological polar surface area (TPSA) is 58.6 Å². The van der Waals surface area contributed by atoms with Gasteiger partial charge in [0.2, 0.25) is 11.8 Å². The molecule has 0 unspecified atom stereocenters. The second-order valence-electron chi connectivity index (χ2n) is 8.55. The second kappa shape index (κ2) is 14.2. The first-order valence-corrected chi connectivity index (χ1v) is 12.6. The Morgan fingerprint density at radius 1 is 0.972 bits per heavy atom. The lowest BCUT2D eigenvalue weighted by molar-refractivity contribution is -0.141. The maximum Gasteiger partial charge on any atom is 0.243 e. The van der Waals surface area contributed by atoms with Gasteiger partial charge in [0.05, 0.1) is 6.61 Å². The average Bonchev–Trinajstić information content (AvgIpc) is 2.89. The maximum atomic E-state index is 13.5. The summed E-state index contributed by atoms with van der Waals surface area (Å²) in [5, 5.41) is 3.57. The van der Waals surface area contributed by atoms with Crippen LogP contribution in [0.3, 0.4) is 0 Å². The lowest BCUT2D eigenvalue weighted by Gasteiger charge is -2.31. The standard InChI is InChI=1S/C29H32ClFN2O3/c1-2-18-32-29(35)27(20-22-7-4-3-5-8-22)33(21-23-10-14-25(31)15-11-23)28(34)9-6-19-36-26-16-12-24(30)13-17-26/h3-5,7-8,10-17,27H,2,6,9,18-21H2,1H3,(H,32,35)/t27-/m0/s1. The van der Waals surface area contributed by atoms with Crippen molar-refractivity contribution in [1.29, 1.82) is 0 Å². The van der Waals surface area contributed by atoms with Crippen molar-refractivity contribution in [3.8, 4) is 5.75 Å². The van der Waals surface area contributed by atoms with Gasteiger partial charge in [0.25, 0.3) is 0 Å². The smallest absolute Gasteiger partial charge is 0.243 e. The molecule has 3 rings (SSSR count). The molecule has 0 spiro atoms. The van der Waals surface area contributed by atoms with Crippen molar-refractivity contribution < 1.29 is 18.7 Å². The van der Waals surface area contributed by atoms with E-state index in [0.29, 0.717) is 36.8 Å². The quantitative estimate of drug-likeness (QED) is 0.295. The number of amides is 2. The Kier molecular flexibility index (Phi) is 10.8. The van der Waals surface area contributed by atoms with Crippen LogP contribution in [0.5, 0.6) is 5.75 Å². The van der Waals surface area contributed by atoms with E-state index in [0.717, 1.165) is 17.5 Å². The summed E-state index contributed by atoms with van der Waals surface area (Å²) in [4.78, 5) is 28.3. The van der Waals surface area contributed by atoms with Crippen LogP contribution < -0.4 is 10.1 Å². The highest BCUT2D eigenvalue weighted by molar-refractivity contribution is 6.30. The van der Waals surface area contributed by atoms with Gasteiger partial charge in [-0.2, -0.15) is 0 Å². The largest absolute Gasteiger partial charge is 0.494 e. The van der Waals surface area contributed by atoms with Crippen molar-refractivity contribution in [2.45, 2.75) is 45.2 Å². The molecule has 0 aliphatic rings. The van der Waals surface area contributed by atoms with E-state index in [2.05, 4.69) is 5.32 Å². The van der Waals surface area contributed by atoms with Gasteiger partial charge in [-0.15, -0.1) is 0 Å². The molecule has 7 heteroatoms. The van der Waals surface area contributed by atoms with Crippen LogP contribution in [-0.2, 0) is 22.6 Å². The molecule has 0 bridgehead atoms. The summed E-state index contributed by atoms with van der Waals surface area (Å²) in [5.41, 5.74) is 1.71. The first-order chi connectivity index (χ1) is 17.5. The van der Waals surface area contributed by atoms with Crippen molar-refractivity contribution in [2.75, 3.05) is 13.2 Å². The first kappa shape index (κ1) is 27.2. The van der Waals surface area contributed by atoms with Gasteiger partial charge in [0.15, 0.2) is 0 Å². The van der Waals surface area contributed by atoms with E-state index in [-0.39, 0.29) is 30.6 Å². The van der Waals surface area contributed by atoms with Gasteiger partial charge in [-0.1, -0.05) is 61.0 Å². The van der Waals surface area contributed by atoms with Crippen LogP contribution in [0.4, 0.5) is 4.39 Å². The Bertz CT molecular complexity index is 1090. The second-order valence-corrected chi connectivity index (χ2v) is 8.99. The number of carbonyl (C=O) groups excluding carboxylic acids is 2. The number of halogens is 2. The molecule has 0 fully saturated rings. The molecule has 190 valence electrons. The molecule has 2 amide bonds. The fourth-order valence-corrected chi connectivity index (χ4v) is 3.92. The SMILES string of the molecule is CCCNC(=O)[C@H](Cc1ccccc1)N(Cc1ccc(F)cc1)C(=O)CCCOc1ccc(Cl)cc1. The molecule has 0 aliphatic heterocycles. The summed E-state index contributed by atoms with van der Waals surface area (Å²) >= 11 is 5.91. The number of hydrogen-bond donors (Lipinski definition) is 1. The number of rotatable bonds is 13. The number of ether oxygens (including phenoxy) is 1. The molecule has 1 N–H and O–H groups in total. The molecule has 5 nitrogen and oxygen atoms in total. The molecule has 36 heavy (non-hydrogen) atoms. The van der Waals surface area contributed by atoms with E-state index in [1.54, 1.807) is 41.3 Å². The summed E-state index contributed by atoms with van der Waals surface area (Å²) in [6.07, 6.45) is 1.86. The monoisotopic (exact) mass is 510 g/mol. The van der Waals surface area contributed by atoms with Crippen molar-refractivity contribution in [1.82, 2.24) is 10.2 Å². The number of hydrogen-bond acceptors (Lipinski definition) is 3. The maximum absolute atomic E-state index is 13.5. The minimum Gasteiger partial charge on any atom is -0.494 e. The summed E-state index contributed by atoms with van der Waals surface area (Å²) < 4.78 is 19.2. The van der Waals surface area contributed by atoms with Gasteiger partial charge in [-0.05, 0) is 60.4 Å². The molecule has 0 saturated carbocycles. The van der Waals surface area contributed by atoms with Gasteiger partial charge in [-0.3, -0.25) is 9.59 Å². The van der Waals surface area contributed by atoms with Crippen LogP contribution in [0.25, 0.3) is 0 Å². The molecule has 0 aromatic heterocycles. The normalized spacial score (nSPS) is 11.5. The van der Waals surface area contributed by atoms with Crippen molar-refractivity contribution >= 4 is 23.4 Å². The summed E-state index contributed by atoms with van der Waals surface area (Å²) in [7, 11) is 0. The third kappa shape index (κ3) is 8.68. The zero-order chi connectivity index (χ0) is 25.8. The number of nitrogens with zero attached hydrogens (tertiary/aromatic N) is 1. The Hall–Kier alpha value is -3.38. The van der Waals surface area contributed by atoms with E-state index >= 15 is 0 Å². The summed E-state index contributed by atoms with van der Waals surface area (Å²) in [5.74, 6) is -0.0337. The summed E-state index contributed by atoms with van der Waals surface area (Å²) in [6.45, 7) is 3.06. The van der Waals surface area contributed by atoms with E-state index in [1.165, 1.54) is 12.1 Å². The molecule has 0 aliphatic carbocycles. The Balaban J connectivity index is 1.76. The molecule has 0 heterocycles. The molecule has 1 atom stereocenters.